The zero-order valence-corrected chi connectivity index (χ0v) is 11.6. The number of aromatic nitrogens is 3. The van der Waals surface area contributed by atoms with Crippen molar-refractivity contribution in [2.24, 2.45) is 7.05 Å². The largest absolute Gasteiger partial charge is 0.490 e. The molecule has 0 amide bonds. The number of nitrogens with zero attached hydrogens (tertiary/aromatic N) is 3. The topological polar surface area (TPSA) is 78.0 Å². The maximum Gasteiger partial charge on any atom is 0.169 e. The Hall–Kier alpha value is -2.31. The van der Waals surface area contributed by atoms with Crippen LogP contribution in [0, 0.1) is 5.82 Å². The molecule has 0 bridgehead atoms. The van der Waals surface area contributed by atoms with Crippen molar-refractivity contribution in [3.05, 3.63) is 30.1 Å². The first kappa shape index (κ1) is 14.1. The average Bonchev–Trinajstić information content (AvgIpc) is 2.82. The van der Waals surface area contributed by atoms with Gasteiger partial charge < -0.3 is 15.8 Å². The van der Waals surface area contributed by atoms with Crippen molar-refractivity contribution in [3.63, 3.8) is 0 Å². The molecule has 20 heavy (non-hydrogen) atoms. The normalized spacial score (nSPS) is 10.6. The van der Waals surface area contributed by atoms with Crippen molar-refractivity contribution in [1.29, 1.82) is 0 Å². The lowest BCUT2D eigenvalue weighted by Gasteiger charge is -2.12. The van der Waals surface area contributed by atoms with Crippen LogP contribution in [-0.2, 0) is 13.6 Å². The van der Waals surface area contributed by atoms with E-state index in [1.165, 1.54) is 6.07 Å². The van der Waals surface area contributed by atoms with Gasteiger partial charge in [0.1, 0.15) is 6.33 Å². The molecule has 0 spiro atoms. The van der Waals surface area contributed by atoms with Gasteiger partial charge >= 0.3 is 0 Å². The summed E-state index contributed by atoms with van der Waals surface area (Å²) in [5.41, 5.74) is 6.71. The first-order valence-electron chi connectivity index (χ1n) is 6.40. The number of hydrogen-bond donors (Lipinski definition) is 2. The molecule has 0 radical (unpaired) electrons. The van der Waals surface area contributed by atoms with E-state index in [1.54, 1.807) is 24.1 Å². The predicted molar refractivity (Wildman–Crippen MR) is 74.9 cm³/mol. The van der Waals surface area contributed by atoms with Gasteiger partial charge in [-0.1, -0.05) is 6.92 Å². The van der Waals surface area contributed by atoms with Crippen molar-refractivity contribution in [2.45, 2.75) is 19.9 Å². The molecular weight excluding hydrogens is 261 g/mol. The summed E-state index contributed by atoms with van der Waals surface area (Å²) in [6.45, 7) is 2.83. The summed E-state index contributed by atoms with van der Waals surface area (Å²) >= 11 is 0. The van der Waals surface area contributed by atoms with Crippen LogP contribution in [0.1, 0.15) is 19.2 Å². The summed E-state index contributed by atoms with van der Waals surface area (Å²) in [5.74, 6) is 0.363. The van der Waals surface area contributed by atoms with Crippen LogP contribution in [0.5, 0.6) is 5.75 Å². The fourth-order valence-corrected chi connectivity index (χ4v) is 1.68. The number of nitrogens with two attached hydrogens (primary N) is 1. The number of nitrogen functional groups attached to an aromatic ring is 1. The standard InChI is InChI=1S/C13H18FN5O/c1-3-4-20-12-6-11(10(15)5-9(12)14)16-7-13-17-8-19(2)18-13/h5-6,8,16H,3-4,7,15H2,1-2H3. The summed E-state index contributed by atoms with van der Waals surface area (Å²) in [4.78, 5) is 4.09. The molecular formula is C13H18FN5O. The van der Waals surface area contributed by atoms with Gasteiger partial charge in [0.25, 0.3) is 0 Å². The molecule has 3 N–H and O–H groups in total. The summed E-state index contributed by atoms with van der Waals surface area (Å²) in [6.07, 6.45) is 2.42. The summed E-state index contributed by atoms with van der Waals surface area (Å²) < 4.78 is 20.6. The molecule has 1 aromatic carbocycles. The first-order valence-corrected chi connectivity index (χ1v) is 6.40. The van der Waals surface area contributed by atoms with E-state index >= 15 is 0 Å². The smallest absolute Gasteiger partial charge is 0.169 e. The van der Waals surface area contributed by atoms with Gasteiger partial charge in [-0.15, -0.1) is 0 Å². The minimum Gasteiger partial charge on any atom is -0.490 e. The Labute approximate surface area is 116 Å². The number of aryl methyl sites for hydroxylation is 1. The van der Waals surface area contributed by atoms with Crippen molar-refractivity contribution >= 4 is 11.4 Å². The van der Waals surface area contributed by atoms with Gasteiger partial charge in [0.05, 0.1) is 24.5 Å². The summed E-state index contributed by atoms with van der Waals surface area (Å²) in [6, 6.07) is 2.81. The summed E-state index contributed by atoms with van der Waals surface area (Å²) in [7, 11) is 1.79. The number of halogens is 1. The minimum absolute atomic E-state index is 0.192. The highest BCUT2D eigenvalue weighted by Crippen LogP contribution is 2.28. The van der Waals surface area contributed by atoms with Gasteiger partial charge in [0, 0.05) is 19.2 Å². The highest BCUT2D eigenvalue weighted by Gasteiger charge is 2.09. The Morgan fingerprint density at radius 1 is 1.45 bits per heavy atom. The second kappa shape index (κ2) is 6.23. The van der Waals surface area contributed by atoms with Gasteiger partial charge in [0.2, 0.25) is 0 Å². The molecule has 0 atom stereocenters. The highest BCUT2D eigenvalue weighted by atomic mass is 19.1. The lowest BCUT2D eigenvalue weighted by Crippen LogP contribution is -2.06. The monoisotopic (exact) mass is 279 g/mol. The van der Waals surface area contributed by atoms with E-state index in [0.29, 0.717) is 30.4 Å². The van der Waals surface area contributed by atoms with Crippen LogP contribution >= 0.6 is 0 Å². The number of rotatable bonds is 6. The van der Waals surface area contributed by atoms with E-state index in [2.05, 4.69) is 15.4 Å². The van der Waals surface area contributed by atoms with E-state index in [-0.39, 0.29) is 5.75 Å². The quantitative estimate of drug-likeness (QED) is 0.790. The molecule has 1 heterocycles. The van der Waals surface area contributed by atoms with Crippen LogP contribution in [0.3, 0.4) is 0 Å². The van der Waals surface area contributed by atoms with Crippen LogP contribution in [0.2, 0.25) is 0 Å². The molecule has 0 saturated heterocycles. The average molecular weight is 279 g/mol. The Bertz CT molecular complexity index is 584. The number of anilines is 2. The van der Waals surface area contributed by atoms with Crippen molar-refractivity contribution < 1.29 is 9.13 Å². The lowest BCUT2D eigenvalue weighted by molar-refractivity contribution is 0.301. The third-order valence-corrected chi connectivity index (χ3v) is 2.65. The molecule has 0 fully saturated rings. The van der Waals surface area contributed by atoms with Crippen LogP contribution in [-0.4, -0.2) is 21.4 Å². The van der Waals surface area contributed by atoms with Crippen molar-refractivity contribution in [3.8, 4) is 5.75 Å². The maximum absolute atomic E-state index is 13.7. The zero-order valence-electron chi connectivity index (χ0n) is 11.6. The fraction of sp³-hybridized carbons (Fsp3) is 0.385. The van der Waals surface area contributed by atoms with E-state index in [0.717, 1.165) is 6.42 Å². The van der Waals surface area contributed by atoms with Gasteiger partial charge in [-0.05, 0) is 6.42 Å². The molecule has 2 aromatic rings. The fourth-order valence-electron chi connectivity index (χ4n) is 1.68. The molecule has 7 heteroatoms. The molecule has 0 aliphatic carbocycles. The number of benzene rings is 1. The van der Waals surface area contributed by atoms with Crippen molar-refractivity contribution in [1.82, 2.24) is 14.8 Å². The Morgan fingerprint density at radius 3 is 2.90 bits per heavy atom. The maximum atomic E-state index is 13.7. The molecule has 0 unspecified atom stereocenters. The van der Waals surface area contributed by atoms with Crippen LogP contribution in [0.25, 0.3) is 0 Å². The van der Waals surface area contributed by atoms with Crippen LogP contribution in [0.15, 0.2) is 18.5 Å². The second-order valence-electron chi connectivity index (χ2n) is 4.41. The molecule has 6 nitrogen and oxygen atoms in total. The highest BCUT2D eigenvalue weighted by molar-refractivity contribution is 5.68. The van der Waals surface area contributed by atoms with Crippen molar-refractivity contribution in [2.75, 3.05) is 17.7 Å². The van der Waals surface area contributed by atoms with Gasteiger partial charge in [0.15, 0.2) is 17.4 Å². The predicted octanol–water partition coefficient (Wildman–Crippen LogP) is 1.94. The van der Waals surface area contributed by atoms with Gasteiger partial charge in [-0.2, -0.15) is 5.10 Å². The lowest BCUT2D eigenvalue weighted by atomic mass is 10.2. The Balaban J connectivity index is 2.09. The number of nitrogens with one attached hydrogen (secondary N) is 1. The third kappa shape index (κ3) is 3.37. The molecule has 0 aliphatic rings. The molecule has 0 saturated carbocycles. The zero-order chi connectivity index (χ0) is 14.5. The Kier molecular flexibility index (Phi) is 4.39. The SMILES string of the molecule is CCCOc1cc(NCc2ncn(C)n2)c(N)cc1F. The molecule has 108 valence electrons. The minimum atomic E-state index is -0.461. The van der Waals surface area contributed by atoms with Crippen LogP contribution < -0.4 is 15.8 Å². The molecule has 2 rings (SSSR count). The Morgan fingerprint density at radius 2 is 2.25 bits per heavy atom. The van der Waals surface area contributed by atoms with Gasteiger partial charge in [-0.25, -0.2) is 9.37 Å². The molecule has 0 aliphatic heterocycles. The number of hydrogen-bond acceptors (Lipinski definition) is 5. The van der Waals surface area contributed by atoms with E-state index in [4.69, 9.17) is 10.5 Å². The number of ether oxygens (including phenoxy) is 1. The molecule has 1 aromatic heterocycles. The third-order valence-electron chi connectivity index (χ3n) is 2.65. The van der Waals surface area contributed by atoms with E-state index in [1.807, 2.05) is 6.92 Å². The van der Waals surface area contributed by atoms with Crippen LogP contribution in [0.4, 0.5) is 15.8 Å². The van der Waals surface area contributed by atoms with E-state index < -0.39 is 5.82 Å². The summed E-state index contributed by atoms with van der Waals surface area (Å²) in [5, 5.41) is 7.22. The first-order chi connectivity index (χ1) is 9.60. The van der Waals surface area contributed by atoms with Gasteiger partial charge in [-0.3, -0.25) is 4.68 Å². The van der Waals surface area contributed by atoms with E-state index in [9.17, 15) is 4.39 Å². The second-order valence-corrected chi connectivity index (χ2v) is 4.41.